The summed E-state index contributed by atoms with van der Waals surface area (Å²) in [6, 6.07) is 18.7. The van der Waals surface area contributed by atoms with Gasteiger partial charge in [-0.15, -0.1) is 0 Å². The second-order valence-electron chi connectivity index (χ2n) is 7.93. The molecule has 0 saturated carbocycles. The zero-order valence-electron chi connectivity index (χ0n) is 16.9. The number of aromatic nitrogens is 1. The quantitative estimate of drug-likeness (QED) is 0.707. The smallest absolute Gasteiger partial charge is 0.318 e. The molecule has 3 aromatic rings. The molecular formula is C24H23FN4O2. The maximum Gasteiger partial charge on any atom is 0.318 e. The molecule has 0 radical (unpaired) electrons. The fourth-order valence-electron chi connectivity index (χ4n) is 4.55. The van der Waals surface area contributed by atoms with E-state index in [4.69, 9.17) is 0 Å². The van der Waals surface area contributed by atoms with Crippen molar-refractivity contribution in [1.29, 1.82) is 0 Å². The molecule has 0 aliphatic carbocycles. The van der Waals surface area contributed by atoms with E-state index >= 15 is 0 Å². The first-order chi connectivity index (χ1) is 15.1. The zero-order valence-corrected chi connectivity index (χ0v) is 16.9. The highest BCUT2D eigenvalue weighted by atomic mass is 19.1. The van der Waals surface area contributed by atoms with E-state index in [1.807, 2.05) is 48.7 Å². The number of nitrogens with zero attached hydrogens (tertiary/aromatic N) is 3. The lowest BCUT2D eigenvalue weighted by atomic mass is 9.99. The van der Waals surface area contributed by atoms with Crippen molar-refractivity contribution in [3.05, 3.63) is 90.0 Å². The summed E-state index contributed by atoms with van der Waals surface area (Å²) >= 11 is 0. The number of nitrogens with one attached hydrogen (secondary N) is 1. The van der Waals surface area contributed by atoms with Gasteiger partial charge in [0.25, 0.3) is 0 Å². The number of carbonyl (C=O) groups excluding carboxylic acids is 2. The molecule has 0 spiro atoms. The van der Waals surface area contributed by atoms with E-state index in [0.29, 0.717) is 25.2 Å². The van der Waals surface area contributed by atoms with Gasteiger partial charge < -0.3 is 19.7 Å². The summed E-state index contributed by atoms with van der Waals surface area (Å²) in [5.41, 5.74) is 2.16. The maximum atomic E-state index is 14.7. The van der Waals surface area contributed by atoms with Crippen LogP contribution in [0.1, 0.15) is 23.7 Å². The molecule has 6 nitrogen and oxygen atoms in total. The Bertz CT molecular complexity index is 1110. The number of rotatable bonds is 3. The van der Waals surface area contributed by atoms with Crippen molar-refractivity contribution >= 4 is 17.6 Å². The summed E-state index contributed by atoms with van der Waals surface area (Å²) in [5, 5.41) is 3.01. The number of amides is 3. The number of carbonyl (C=O) groups is 2. The molecule has 1 aromatic heterocycles. The maximum absolute atomic E-state index is 14.7. The lowest BCUT2D eigenvalue weighted by Crippen LogP contribution is -2.50. The normalized spacial score (nSPS) is 20.6. The minimum absolute atomic E-state index is 0.0188. The molecule has 0 unspecified atom stereocenters. The molecule has 1 saturated heterocycles. The fourth-order valence-corrected chi connectivity index (χ4v) is 4.55. The summed E-state index contributed by atoms with van der Waals surface area (Å²) in [6.45, 7) is 1.51. The number of halogens is 1. The number of urea groups is 1. The average molecular weight is 418 g/mol. The van der Waals surface area contributed by atoms with Gasteiger partial charge in [0, 0.05) is 49.2 Å². The van der Waals surface area contributed by atoms with Crippen molar-refractivity contribution < 1.29 is 14.0 Å². The van der Waals surface area contributed by atoms with Crippen molar-refractivity contribution in [2.45, 2.75) is 25.0 Å². The van der Waals surface area contributed by atoms with Crippen molar-refractivity contribution in [2.75, 3.05) is 18.0 Å². The van der Waals surface area contributed by atoms with Crippen molar-refractivity contribution in [1.82, 2.24) is 14.8 Å². The number of anilines is 1. The van der Waals surface area contributed by atoms with Gasteiger partial charge in [0.05, 0.1) is 6.04 Å². The van der Waals surface area contributed by atoms with E-state index in [1.54, 1.807) is 28.0 Å². The molecular weight excluding hydrogens is 395 g/mol. The highest BCUT2D eigenvalue weighted by molar-refractivity contribution is 5.96. The zero-order chi connectivity index (χ0) is 21.4. The van der Waals surface area contributed by atoms with E-state index in [9.17, 15) is 14.0 Å². The van der Waals surface area contributed by atoms with Gasteiger partial charge in [0.1, 0.15) is 11.9 Å². The highest BCUT2D eigenvalue weighted by Crippen LogP contribution is 2.34. The standard InChI is InChI=1S/C24H23FN4O2/c25-20-10-5-4-9-19(20)23-21-11-6-12-27(21)13-14-28(23)24(31)26-17-15-22(30)29(16-17)18-7-2-1-3-8-18/h1-12,17,23H,13-16H2,(H,26,31)/t17-,23+/m0/s1. The molecule has 31 heavy (non-hydrogen) atoms. The highest BCUT2D eigenvalue weighted by Gasteiger charge is 2.37. The van der Waals surface area contributed by atoms with Gasteiger partial charge in [-0.2, -0.15) is 0 Å². The van der Waals surface area contributed by atoms with Crippen LogP contribution >= 0.6 is 0 Å². The Morgan fingerprint density at radius 3 is 2.55 bits per heavy atom. The van der Waals surface area contributed by atoms with Crippen LogP contribution in [0.15, 0.2) is 72.9 Å². The Morgan fingerprint density at radius 1 is 0.968 bits per heavy atom. The molecule has 2 aromatic carbocycles. The first kappa shape index (κ1) is 19.4. The van der Waals surface area contributed by atoms with E-state index in [2.05, 4.69) is 9.88 Å². The molecule has 158 valence electrons. The molecule has 2 atom stereocenters. The largest absolute Gasteiger partial charge is 0.348 e. The van der Waals surface area contributed by atoms with Gasteiger partial charge in [0.2, 0.25) is 5.91 Å². The SMILES string of the molecule is O=C1C[C@H](NC(=O)N2CCn3cccc3[C@H]2c2ccccc2F)CN1c1ccccc1. The van der Waals surface area contributed by atoms with Crippen LogP contribution in [0.3, 0.4) is 0 Å². The van der Waals surface area contributed by atoms with Crippen molar-refractivity contribution in [3.63, 3.8) is 0 Å². The number of benzene rings is 2. The number of hydrogen-bond acceptors (Lipinski definition) is 2. The van der Waals surface area contributed by atoms with E-state index in [-0.39, 0.29) is 30.2 Å². The Balaban J connectivity index is 1.37. The van der Waals surface area contributed by atoms with Gasteiger partial charge in [-0.1, -0.05) is 36.4 Å². The van der Waals surface area contributed by atoms with Crippen LogP contribution < -0.4 is 10.2 Å². The van der Waals surface area contributed by atoms with Gasteiger partial charge in [0.15, 0.2) is 0 Å². The van der Waals surface area contributed by atoms with Crippen LogP contribution in [0, 0.1) is 5.82 Å². The van der Waals surface area contributed by atoms with Crippen LogP contribution in [0.25, 0.3) is 0 Å². The third kappa shape index (κ3) is 3.56. The van der Waals surface area contributed by atoms with Crippen LogP contribution in [-0.2, 0) is 11.3 Å². The van der Waals surface area contributed by atoms with E-state index in [0.717, 1.165) is 11.4 Å². The topological polar surface area (TPSA) is 57.6 Å². The fraction of sp³-hybridized carbons (Fsp3) is 0.250. The molecule has 3 heterocycles. The minimum atomic E-state index is -0.521. The van der Waals surface area contributed by atoms with Crippen LogP contribution in [0.2, 0.25) is 0 Å². The van der Waals surface area contributed by atoms with Crippen molar-refractivity contribution in [2.24, 2.45) is 0 Å². The van der Waals surface area contributed by atoms with Crippen molar-refractivity contribution in [3.8, 4) is 0 Å². The molecule has 5 rings (SSSR count). The first-order valence-corrected chi connectivity index (χ1v) is 10.4. The predicted octanol–water partition coefficient (Wildman–Crippen LogP) is 3.55. The van der Waals surface area contributed by atoms with Gasteiger partial charge >= 0.3 is 6.03 Å². The van der Waals surface area contributed by atoms with Gasteiger partial charge in [-0.3, -0.25) is 4.79 Å². The molecule has 2 aliphatic heterocycles. The molecule has 1 N–H and O–H groups in total. The van der Waals surface area contributed by atoms with Crippen LogP contribution in [0.5, 0.6) is 0 Å². The monoisotopic (exact) mass is 418 g/mol. The van der Waals surface area contributed by atoms with Gasteiger partial charge in [-0.05, 0) is 30.3 Å². The lowest BCUT2D eigenvalue weighted by molar-refractivity contribution is -0.117. The number of fused-ring (bicyclic) bond motifs is 1. The summed E-state index contributed by atoms with van der Waals surface area (Å²) < 4.78 is 16.7. The minimum Gasteiger partial charge on any atom is -0.348 e. The van der Waals surface area contributed by atoms with E-state index in [1.165, 1.54) is 6.07 Å². The lowest BCUT2D eigenvalue weighted by Gasteiger charge is -2.38. The third-order valence-corrected chi connectivity index (χ3v) is 6.02. The van der Waals surface area contributed by atoms with Crippen LogP contribution in [-0.4, -0.2) is 40.5 Å². The Morgan fingerprint density at radius 2 is 1.74 bits per heavy atom. The Kier molecular flexibility index (Phi) is 4.94. The summed E-state index contributed by atoms with van der Waals surface area (Å²) in [4.78, 5) is 29.2. The second kappa shape index (κ2) is 7.91. The Labute approximate surface area is 179 Å². The second-order valence-corrected chi connectivity index (χ2v) is 7.93. The third-order valence-electron chi connectivity index (χ3n) is 6.02. The molecule has 7 heteroatoms. The van der Waals surface area contributed by atoms with Crippen LogP contribution in [0.4, 0.5) is 14.9 Å². The Hall–Kier alpha value is -3.61. The summed E-state index contributed by atoms with van der Waals surface area (Å²) in [7, 11) is 0. The molecule has 2 aliphatic rings. The predicted molar refractivity (Wildman–Crippen MR) is 115 cm³/mol. The summed E-state index contributed by atoms with van der Waals surface area (Å²) in [6.07, 6.45) is 2.20. The van der Waals surface area contributed by atoms with Gasteiger partial charge in [-0.25, -0.2) is 9.18 Å². The van der Waals surface area contributed by atoms with E-state index < -0.39 is 6.04 Å². The number of hydrogen-bond donors (Lipinski definition) is 1. The molecule has 1 fully saturated rings. The molecule has 0 bridgehead atoms. The summed E-state index contributed by atoms with van der Waals surface area (Å²) in [5.74, 6) is -0.360. The average Bonchev–Trinajstić information content (AvgIpc) is 3.40. The molecule has 3 amide bonds. The first-order valence-electron chi connectivity index (χ1n) is 10.4. The number of para-hydroxylation sites is 1.